The van der Waals surface area contributed by atoms with Crippen LogP contribution in [-0.4, -0.2) is 22.7 Å². The molecule has 1 saturated heterocycles. The SMILES string of the molecule is O=C(Cc1ccccc1)NN1C(=O)[C@H]2C3c4ccccc4C(c4ccccc43)[C@@H]2C1=O. The van der Waals surface area contributed by atoms with Gasteiger partial charge in [0.25, 0.3) is 11.8 Å². The van der Waals surface area contributed by atoms with Crippen molar-refractivity contribution in [2.24, 2.45) is 11.8 Å². The Morgan fingerprint density at radius 1 is 0.677 bits per heavy atom. The summed E-state index contributed by atoms with van der Waals surface area (Å²) in [6, 6.07) is 25.5. The number of benzene rings is 3. The van der Waals surface area contributed by atoms with Crippen molar-refractivity contribution in [3.63, 3.8) is 0 Å². The molecule has 5 heteroatoms. The lowest BCUT2D eigenvalue weighted by Crippen LogP contribution is -2.47. The van der Waals surface area contributed by atoms with Gasteiger partial charge in [-0.05, 0) is 27.8 Å². The summed E-state index contributed by atoms with van der Waals surface area (Å²) < 4.78 is 0. The monoisotopic (exact) mass is 408 g/mol. The third kappa shape index (κ3) is 2.53. The van der Waals surface area contributed by atoms with Gasteiger partial charge in [-0.25, -0.2) is 0 Å². The summed E-state index contributed by atoms with van der Waals surface area (Å²) in [6.07, 6.45) is 0.112. The molecule has 152 valence electrons. The van der Waals surface area contributed by atoms with E-state index in [1.807, 2.05) is 54.6 Å². The number of rotatable bonds is 3. The molecule has 3 aromatic rings. The van der Waals surface area contributed by atoms with Crippen LogP contribution in [0.15, 0.2) is 78.9 Å². The van der Waals surface area contributed by atoms with Gasteiger partial charge in [-0.15, -0.1) is 0 Å². The van der Waals surface area contributed by atoms with Crippen LogP contribution in [0.2, 0.25) is 0 Å². The zero-order valence-corrected chi connectivity index (χ0v) is 16.7. The first kappa shape index (κ1) is 18.1. The minimum atomic E-state index is -0.487. The first-order valence-electron chi connectivity index (χ1n) is 10.5. The van der Waals surface area contributed by atoms with Gasteiger partial charge in [-0.3, -0.25) is 19.8 Å². The third-order valence-electron chi connectivity index (χ3n) is 6.89. The molecule has 1 N–H and O–H groups in total. The maximum Gasteiger partial charge on any atom is 0.253 e. The number of nitrogens with zero attached hydrogens (tertiary/aromatic N) is 1. The van der Waals surface area contributed by atoms with E-state index in [-0.39, 0.29) is 36.0 Å². The lowest BCUT2D eigenvalue weighted by atomic mass is 9.55. The first-order chi connectivity index (χ1) is 15.1. The highest BCUT2D eigenvalue weighted by Gasteiger charge is 2.61. The average Bonchev–Trinajstić information content (AvgIpc) is 3.05. The molecule has 2 bridgehead atoms. The van der Waals surface area contributed by atoms with Crippen molar-refractivity contribution < 1.29 is 14.4 Å². The molecular weight excluding hydrogens is 388 g/mol. The van der Waals surface area contributed by atoms with Gasteiger partial charge in [0.1, 0.15) is 0 Å². The van der Waals surface area contributed by atoms with Gasteiger partial charge in [0.2, 0.25) is 5.91 Å². The van der Waals surface area contributed by atoms with Gasteiger partial charge in [0.15, 0.2) is 0 Å². The van der Waals surface area contributed by atoms with E-state index >= 15 is 0 Å². The van der Waals surface area contributed by atoms with Crippen molar-refractivity contribution >= 4 is 17.7 Å². The maximum atomic E-state index is 13.4. The predicted octanol–water partition coefficient (Wildman–Crippen LogP) is 3.15. The fourth-order valence-corrected chi connectivity index (χ4v) is 5.73. The van der Waals surface area contributed by atoms with E-state index in [1.165, 1.54) is 0 Å². The second-order valence-corrected chi connectivity index (χ2v) is 8.47. The summed E-state index contributed by atoms with van der Waals surface area (Å²) in [6.45, 7) is 0. The largest absolute Gasteiger partial charge is 0.273 e. The number of hydrogen-bond acceptors (Lipinski definition) is 3. The predicted molar refractivity (Wildman–Crippen MR) is 114 cm³/mol. The molecule has 2 atom stereocenters. The van der Waals surface area contributed by atoms with Gasteiger partial charge >= 0.3 is 0 Å². The Balaban J connectivity index is 1.37. The molecule has 0 aromatic heterocycles. The number of amides is 3. The normalized spacial score (nSPS) is 25.1. The maximum absolute atomic E-state index is 13.4. The summed E-state index contributed by atoms with van der Waals surface area (Å²) >= 11 is 0. The molecular formula is C26H20N2O3. The lowest BCUT2D eigenvalue weighted by Gasteiger charge is -2.45. The second-order valence-electron chi connectivity index (χ2n) is 8.47. The Kier molecular flexibility index (Phi) is 3.87. The van der Waals surface area contributed by atoms with E-state index < -0.39 is 11.8 Å². The molecule has 0 spiro atoms. The van der Waals surface area contributed by atoms with Gasteiger partial charge in [0.05, 0.1) is 18.3 Å². The van der Waals surface area contributed by atoms with Crippen LogP contribution in [0.25, 0.3) is 0 Å². The molecule has 31 heavy (non-hydrogen) atoms. The zero-order chi connectivity index (χ0) is 21.1. The standard InChI is InChI=1S/C26H20N2O3/c29-20(14-15-8-2-1-3-9-15)27-28-25(30)23-21-16-10-4-5-11-17(16)22(24(23)26(28)31)19-13-7-6-12-18(19)21/h1-13,21-24H,14H2,(H,27,29)/t21?,22?,23-,24-/m0/s1. The highest BCUT2D eigenvalue weighted by Crippen LogP contribution is 2.60. The number of carbonyl (C=O) groups excluding carboxylic acids is 3. The van der Waals surface area contributed by atoms with E-state index in [4.69, 9.17) is 0 Å². The smallest absolute Gasteiger partial charge is 0.253 e. The van der Waals surface area contributed by atoms with Crippen molar-refractivity contribution in [3.8, 4) is 0 Å². The Hall–Kier alpha value is -3.73. The van der Waals surface area contributed by atoms with E-state index in [0.717, 1.165) is 32.8 Å². The van der Waals surface area contributed by atoms with Gasteiger partial charge in [-0.1, -0.05) is 78.9 Å². The molecule has 5 nitrogen and oxygen atoms in total. The van der Waals surface area contributed by atoms with Crippen molar-refractivity contribution in [2.45, 2.75) is 18.3 Å². The molecule has 0 unspecified atom stereocenters. The molecule has 3 aliphatic carbocycles. The van der Waals surface area contributed by atoms with Gasteiger partial charge in [0, 0.05) is 11.8 Å². The Morgan fingerprint density at radius 2 is 1.10 bits per heavy atom. The highest BCUT2D eigenvalue weighted by molar-refractivity contribution is 6.08. The van der Waals surface area contributed by atoms with Gasteiger partial charge < -0.3 is 0 Å². The van der Waals surface area contributed by atoms with Gasteiger partial charge in [-0.2, -0.15) is 5.01 Å². The molecule has 1 aliphatic heterocycles. The van der Waals surface area contributed by atoms with Crippen LogP contribution < -0.4 is 5.43 Å². The lowest BCUT2D eigenvalue weighted by molar-refractivity contribution is -0.149. The van der Waals surface area contributed by atoms with Crippen LogP contribution in [0.1, 0.15) is 39.7 Å². The van der Waals surface area contributed by atoms with E-state index in [2.05, 4.69) is 29.7 Å². The molecule has 1 fully saturated rings. The Labute approximate surface area is 179 Å². The van der Waals surface area contributed by atoms with Crippen LogP contribution in [0.3, 0.4) is 0 Å². The van der Waals surface area contributed by atoms with Crippen molar-refractivity contribution in [2.75, 3.05) is 0 Å². The highest BCUT2D eigenvalue weighted by atomic mass is 16.2. The van der Waals surface area contributed by atoms with Crippen LogP contribution in [0.4, 0.5) is 0 Å². The van der Waals surface area contributed by atoms with E-state index in [9.17, 15) is 14.4 Å². The van der Waals surface area contributed by atoms with Crippen molar-refractivity contribution in [1.82, 2.24) is 10.4 Å². The summed E-state index contributed by atoms with van der Waals surface area (Å²) in [7, 11) is 0. The first-order valence-corrected chi connectivity index (χ1v) is 10.5. The van der Waals surface area contributed by atoms with Crippen LogP contribution in [0, 0.1) is 11.8 Å². The third-order valence-corrected chi connectivity index (χ3v) is 6.89. The average molecular weight is 408 g/mol. The quantitative estimate of drug-likeness (QED) is 0.677. The Morgan fingerprint density at radius 3 is 1.55 bits per heavy atom. The summed E-state index contributed by atoms with van der Waals surface area (Å²) in [5.41, 5.74) is 7.90. The van der Waals surface area contributed by atoms with Crippen LogP contribution >= 0.6 is 0 Å². The molecule has 1 heterocycles. The van der Waals surface area contributed by atoms with Crippen LogP contribution in [-0.2, 0) is 20.8 Å². The number of hydrazine groups is 1. The number of hydrogen-bond donors (Lipinski definition) is 1. The van der Waals surface area contributed by atoms with E-state index in [0.29, 0.717) is 0 Å². The molecule has 0 saturated carbocycles. The molecule has 0 radical (unpaired) electrons. The molecule has 3 aromatic carbocycles. The molecule has 3 amide bonds. The van der Waals surface area contributed by atoms with Crippen molar-refractivity contribution in [3.05, 3.63) is 107 Å². The summed E-state index contributed by atoms with van der Waals surface area (Å²) in [5, 5.41) is 0.984. The summed E-state index contributed by atoms with van der Waals surface area (Å²) in [5.74, 6) is -2.30. The number of imide groups is 1. The minimum absolute atomic E-state index is 0.112. The number of carbonyl (C=O) groups is 3. The second kappa shape index (κ2) is 6.64. The van der Waals surface area contributed by atoms with E-state index in [1.54, 1.807) is 0 Å². The fourth-order valence-electron chi connectivity index (χ4n) is 5.73. The summed E-state index contributed by atoms with van der Waals surface area (Å²) in [4.78, 5) is 39.5. The topological polar surface area (TPSA) is 66.5 Å². The minimum Gasteiger partial charge on any atom is -0.273 e. The molecule has 4 aliphatic rings. The zero-order valence-electron chi connectivity index (χ0n) is 16.7. The number of nitrogens with one attached hydrogen (secondary N) is 1. The Bertz CT molecular complexity index is 1120. The van der Waals surface area contributed by atoms with Crippen LogP contribution in [0.5, 0.6) is 0 Å². The molecule has 7 rings (SSSR count). The fraction of sp³-hybridized carbons (Fsp3) is 0.192. The van der Waals surface area contributed by atoms with Crippen molar-refractivity contribution in [1.29, 1.82) is 0 Å².